The van der Waals surface area contributed by atoms with E-state index in [1.807, 2.05) is 12.1 Å². The zero-order chi connectivity index (χ0) is 25.1. The van der Waals surface area contributed by atoms with E-state index in [2.05, 4.69) is 42.6 Å². The highest BCUT2D eigenvalue weighted by atomic mass is 28.2. The summed E-state index contributed by atoms with van der Waals surface area (Å²) >= 11 is 0. The Morgan fingerprint density at radius 1 is 0.829 bits per heavy atom. The predicted molar refractivity (Wildman–Crippen MR) is 144 cm³/mol. The van der Waals surface area contributed by atoms with Gasteiger partial charge in [0.15, 0.2) is 0 Å². The van der Waals surface area contributed by atoms with Crippen LogP contribution < -0.4 is 9.16 Å². The van der Waals surface area contributed by atoms with Gasteiger partial charge in [-0.3, -0.25) is 4.98 Å². The van der Waals surface area contributed by atoms with Gasteiger partial charge in [-0.15, -0.1) is 0 Å². The average molecular weight is 500 g/mol. The van der Waals surface area contributed by atoms with E-state index in [0.29, 0.717) is 27.9 Å². The molecular formula is C28H45N3O3Si. The number of nitrogens with zero attached hydrogens (tertiary/aromatic N) is 3. The van der Waals surface area contributed by atoms with Crippen LogP contribution in [0.3, 0.4) is 0 Å². The summed E-state index contributed by atoms with van der Waals surface area (Å²) in [6, 6.07) is 4.93. The summed E-state index contributed by atoms with van der Waals surface area (Å²) in [6.07, 6.45) is 15.8. The Labute approximate surface area is 215 Å². The van der Waals surface area contributed by atoms with Gasteiger partial charge in [0.2, 0.25) is 5.88 Å². The molecule has 2 rings (SSSR count). The molecule has 2 aromatic rings. The van der Waals surface area contributed by atoms with Crippen LogP contribution in [0.25, 0.3) is 11.4 Å². The topological polar surface area (TPSA) is 66.4 Å². The van der Waals surface area contributed by atoms with Gasteiger partial charge in [0.1, 0.15) is 17.1 Å². The fourth-order valence-corrected chi connectivity index (χ4v) is 4.50. The van der Waals surface area contributed by atoms with Crippen LogP contribution in [0.2, 0.25) is 6.04 Å². The number of unbranched alkanes of at least 4 members (excludes halogenated alkanes) is 3. The van der Waals surface area contributed by atoms with E-state index in [0.717, 1.165) is 61.8 Å². The van der Waals surface area contributed by atoms with E-state index in [9.17, 15) is 0 Å². The molecule has 35 heavy (non-hydrogen) atoms. The molecule has 6 nitrogen and oxygen atoms in total. The summed E-state index contributed by atoms with van der Waals surface area (Å²) in [4.78, 5) is 13.4. The van der Waals surface area contributed by atoms with Gasteiger partial charge in [-0.05, 0) is 49.3 Å². The molecule has 0 aliphatic carbocycles. The van der Waals surface area contributed by atoms with E-state index < -0.39 is 0 Å². The van der Waals surface area contributed by atoms with Crippen LogP contribution in [-0.4, -0.2) is 44.5 Å². The Morgan fingerprint density at radius 2 is 1.57 bits per heavy atom. The van der Waals surface area contributed by atoms with E-state index in [-0.39, 0.29) is 0 Å². The maximum Gasteiger partial charge on any atom is 0.310 e. The minimum absolute atomic E-state index is 0.419. The first kappa shape index (κ1) is 29.2. The molecule has 0 saturated carbocycles. The van der Waals surface area contributed by atoms with E-state index in [1.165, 1.54) is 38.5 Å². The lowest BCUT2D eigenvalue weighted by Crippen LogP contribution is -2.09. The predicted octanol–water partition coefficient (Wildman–Crippen LogP) is 7.17. The van der Waals surface area contributed by atoms with Crippen molar-refractivity contribution >= 4 is 9.76 Å². The number of aromatic nitrogens is 3. The van der Waals surface area contributed by atoms with Crippen LogP contribution in [0.15, 0.2) is 30.7 Å². The number of hydrogen-bond donors (Lipinski definition) is 0. The second kappa shape index (κ2) is 18.3. The van der Waals surface area contributed by atoms with Gasteiger partial charge in [0, 0.05) is 19.4 Å². The van der Waals surface area contributed by atoms with Crippen LogP contribution in [-0.2, 0) is 4.74 Å². The third-order valence-corrected chi connectivity index (χ3v) is 7.24. The van der Waals surface area contributed by atoms with Crippen molar-refractivity contribution in [3.05, 3.63) is 30.7 Å². The highest BCUT2D eigenvalue weighted by molar-refractivity contribution is 6.28. The number of hydrogen-bond acceptors (Lipinski definition) is 6. The second-order valence-electron chi connectivity index (χ2n) is 9.35. The highest BCUT2D eigenvalue weighted by Gasteiger charge is 2.13. The van der Waals surface area contributed by atoms with Crippen molar-refractivity contribution in [2.45, 2.75) is 91.5 Å². The van der Waals surface area contributed by atoms with Crippen LogP contribution in [0.4, 0.5) is 0 Å². The van der Waals surface area contributed by atoms with Crippen LogP contribution in [0.1, 0.15) is 85.5 Å². The fourth-order valence-electron chi connectivity index (χ4n) is 3.73. The van der Waals surface area contributed by atoms with Crippen LogP contribution in [0.5, 0.6) is 11.6 Å². The average Bonchev–Trinajstić information content (AvgIpc) is 2.89. The molecule has 2 unspecified atom stereocenters. The van der Waals surface area contributed by atoms with Crippen molar-refractivity contribution < 1.29 is 13.9 Å². The molecule has 0 aliphatic heterocycles. The Morgan fingerprint density at radius 3 is 2.31 bits per heavy atom. The first-order valence-corrected chi connectivity index (χ1v) is 14.6. The quantitative estimate of drug-likeness (QED) is 0.142. The molecule has 0 N–H and O–H groups in total. The molecule has 2 aromatic heterocycles. The monoisotopic (exact) mass is 499 g/mol. The standard InChI is InChI=1S/C28H45N3O3Si/c1-5-7-13-23(3)24(4)14-12-20-35-34-26-15-11-16-29-28(26)25-21-31-27(22-30-25)33-19-10-9-18-32-17-8-6-2/h11,15-16,21-24H,5-10,12-14,17-20H2,1-4H3. The first-order valence-electron chi connectivity index (χ1n) is 13.5. The maximum absolute atomic E-state index is 6.11. The maximum atomic E-state index is 6.11. The van der Waals surface area contributed by atoms with Gasteiger partial charge < -0.3 is 13.9 Å². The molecule has 7 heteroatoms. The van der Waals surface area contributed by atoms with Crippen molar-refractivity contribution in [1.82, 2.24) is 15.0 Å². The summed E-state index contributed by atoms with van der Waals surface area (Å²) < 4.78 is 17.4. The second-order valence-corrected chi connectivity index (χ2v) is 10.3. The van der Waals surface area contributed by atoms with Gasteiger partial charge in [0.05, 0.1) is 19.0 Å². The van der Waals surface area contributed by atoms with E-state index >= 15 is 0 Å². The largest absolute Gasteiger partial charge is 0.539 e. The summed E-state index contributed by atoms with van der Waals surface area (Å²) in [5, 5.41) is 0. The number of pyridine rings is 1. The Balaban J connectivity index is 1.72. The van der Waals surface area contributed by atoms with E-state index in [1.54, 1.807) is 18.6 Å². The van der Waals surface area contributed by atoms with Crippen LogP contribution >= 0.6 is 0 Å². The molecule has 0 aromatic carbocycles. The minimum Gasteiger partial charge on any atom is -0.539 e. The molecule has 0 spiro atoms. The van der Waals surface area contributed by atoms with Crippen molar-refractivity contribution in [2.75, 3.05) is 19.8 Å². The summed E-state index contributed by atoms with van der Waals surface area (Å²) in [6.45, 7) is 11.5. The minimum atomic E-state index is 0.419. The molecular weight excluding hydrogens is 454 g/mol. The van der Waals surface area contributed by atoms with Gasteiger partial charge in [0.25, 0.3) is 0 Å². The lowest BCUT2D eigenvalue weighted by molar-refractivity contribution is 0.123. The molecule has 194 valence electrons. The molecule has 2 heterocycles. The third kappa shape index (κ3) is 12.0. The Kier molecular flexibility index (Phi) is 15.3. The molecule has 2 atom stereocenters. The highest BCUT2D eigenvalue weighted by Crippen LogP contribution is 2.27. The summed E-state index contributed by atoms with van der Waals surface area (Å²) in [7, 11) is 0.419. The molecule has 0 fully saturated rings. The molecule has 2 radical (unpaired) electrons. The van der Waals surface area contributed by atoms with Crippen molar-refractivity contribution in [3.63, 3.8) is 0 Å². The summed E-state index contributed by atoms with van der Waals surface area (Å²) in [5.74, 6) is 2.87. The lowest BCUT2D eigenvalue weighted by atomic mass is 9.88. The molecule has 0 amide bonds. The van der Waals surface area contributed by atoms with Crippen molar-refractivity contribution in [3.8, 4) is 23.0 Å². The zero-order valence-corrected chi connectivity index (χ0v) is 23.3. The van der Waals surface area contributed by atoms with Crippen molar-refractivity contribution in [2.24, 2.45) is 11.8 Å². The Hall–Kier alpha value is -1.99. The van der Waals surface area contributed by atoms with E-state index in [4.69, 9.17) is 13.9 Å². The molecule has 0 bridgehead atoms. The van der Waals surface area contributed by atoms with Crippen molar-refractivity contribution in [1.29, 1.82) is 0 Å². The number of rotatable bonds is 20. The molecule has 0 saturated heterocycles. The zero-order valence-electron chi connectivity index (χ0n) is 22.3. The normalized spacial score (nSPS) is 12.9. The Bertz CT molecular complexity index is 791. The molecule has 0 aliphatic rings. The van der Waals surface area contributed by atoms with Gasteiger partial charge in [-0.25, -0.2) is 9.97 Å². The number of ether oxygens (including phenoxy) is 2. The third-order valence-electron chi connectivity index (χ3n) is 6.32. The SMILES string of the molecule is CCCCOCCCCOc1cnc(-c2ncccc2O[Si]CCCC(C)C(C)CCCC)cn1. The fraction of sp³-hybridized carbons (Fsp3) is 0.679. The van der Waals surface area contributed by atoms with Gasteiger partial charge in [-0.1, -0.05) is 66.2 Å². The van der Waals surface area contributed by atoms with Crippen LogP contribution in [0, 0.1) is 11.8 Å². The van der Waals surface area contributed by atoms with Gasteiger partial charge >= 0.3 is 9.76 Å². The summed E-state index contributed by atoms with van der Waals surface area (Å²) in [5.41, 5.74) is 1.42. The van der Waals surface area contributed by atoms with Gasteiger partial charge in [-0.2, -0.15) is 0 Å². The smallest absolute Gasteiger partial charge is 0.310 e. The lowest BCUT2D eigenvalue weighted by Gasteiger charge is -2.19. The first-order chi connectivity index (χ1) is 17.2.